The molecule has 3 nitrogen and oxygen atoms in total. The van der Waals surface area contributed by atoms with Crippen molar-refractivity contribution in [3.8, 4) is 0 Å². The van der Waals surface area contributed by atoms with Crippen LogP contribution in [-0.2, 0) is 6.18 Å². The molecule has 0 saturated heterocycles. The molecule has 3 rings (SSSR count). The van der Waals surface area contributed by atoms with Gasteiger partial charge in [-0.3, -0.25) is 9.78 Å². The average Bonchev–Trinajstić information content (AvgIpc) is 2.58. The minimum absolute atomic E-state index is 0.293. The normalized spacial score (nSPS) is 11.6. The Balaban J connectivity index is 2.03. The lowest BCUT2D eigenvalue weighted by atomic mass is 10.1. The number of carbonyl (C=O) groups excluding carboxylic acids is 1. The smallest absolute Gasteiger partial charge is 0.320 e. The number of para-hydroxylation sites is 1. The first-order valence-electron chi connectivity index (χ1n) is 7.30. The molecule has 0 bridgehead atoms. The molecule has 0 fully saturated rings. The number of carbonyl (C=O) groups is 1. The van der Waals surface area contributed by atoms with Gasteiger partial charge in [-0.15, -0.1) is 0 Å². The summed E-state index contributed by atoms with van der Waals surface area (Å²) >= 11 is 6.24. The van der Waals surface area contributed by atoms with Crippen molar-refractivity contribution >= 4 is 34.1 Å². The second-order valence-electron chi connectivity index (χ2n) is 5.45. The van der Waals surface area contributed by atoms with Crippen LogP contribution in [0.3, 0.4) is 0 Å². The highest BCUT2D eigenvalue weighted by Gasteiger charge is 2.34. The Morgan fingerprint density at radius 2 is 1.84 bits per heavy atom. The van der Waals surface area contributed by atoms with Crippen LogP contribution in [-0.4, -0.2) is 10.9 Å². The number of hydrogen-bond acceptors (Lipinski definition) is 2. The van der Waals surface area contributed by atoms with E-state index in [4.69, 9.17) is 11.6 Å². The third-order valence-corrected chi connectivity index (χ3v) is 4.23. The predicted molar refractivity (Wildman–Crippen MR) is 90.9 cm³/mol. The van der Waals surface area contributed by atoms with Crippen LogP contribution in [0.5, 0.6) is 0 Å². The molecule has 0 atom stereocenters. The molecule has 0 saturated carbocycles. The van der Waals surface area contributed by atoms with Crippen LogP contribution in [0.4, 0.5) is 18.9 Å². The lowest BCUT2D eigenvalue weighted by Crippen LogP contribution is -2.18. The number of amides is 1. The van der Waals surface area contributed by atoms with E-state index in [1.54, 1.807) is 31.3 Å². The fourth-order valence-electron chi connectivity index (χ4n) is 2.51. The highest BCUT2D eigenvalue weighted by atomic mass is 35.5. The van der Waals surface area contributed by atoms with Crippen molar-refractivity contribution in [2.45, 2.75) is 13.1 Å². The van der Waals surface area contributed by atoms with Gasteiger partial charge in [-0.2, -0.15) is 13.2 Å². The Labute approximate surface area is 146 Å². The first-order valence-corrected chi connectivity index (χ1v) is 7.68. The summed E-state index contributed by atoms with van der Waals surface area (Å²) in [6.07, 6.45) is -3.07. The molecule has 1 N–H and O–H groups in total. The number of anilines is 1. The zero-order valence-electron chi connectivity index (χ0n) is 13.0. The lowest BCUT2D eigenvalue weighted by Gasteiger charge is -2.14. The van der Waals surface area contributed by atoms with Crippen molar-refractivity contribution in [3.05, 3.63) is 70.4 Å². The van der Waals surface area contributed by atoms with E-state index in [0.29, 0.717) is 21.6 Å². The van der Waals surface area contributed by atoms with Crippen molar-refractivity contribution < 1.29 is 18.0 Å². The first kappa shape index (κ1) is 17.2. The Hall–Kier alpha value is -2.60. The third-order valence-electron chi connectivity index (χ3n) is 3.73. The molecule has 0 aliphatic carbocycles. The number of aryl methyl sites for hydroxylation is 1. The number of aromatic nitrogens is 1. The average molecular weight is 365 g/mol. The molecule has 0 unspecified atom stereocenters. The van der Waals surface area contributed by atoms with Crippen LogP contribution in [0.2, 0.25) is 5.02 Å². The molecule has 25 heavy (non-hydrogen) atoms. The Morgan fingerprint density at radius 3 is 2.56 bits per heavy atom. The number of rotatable bonds is 2. The Kier molecular flexibility index (Phi) is 4.39. The fourth-order valence-corrected chi connectivity index (χ4v) is 2.71. The highest BCUT2D eigenvalue weighted by Crippen LogP contribution is 2.33. The van der Waals surface area contributed by atoms with Gasteiger partial charge in [0.15, 0.2) is 0 Å². The summed E-state index contributed by atoms with van der Waals surface area (Å²) in [6.45, 7) is 1.79. The van der Waals surface area contributed by atoms with Crippen molar-refractivity contribution in [1.29, 1.82) is 0 Å². The zero-order valence-corrected chi connectivity index (χ0v) is 13.7. The molecular formula is C18H12ClF3N2O. The second kappa shape index (κ2) is 6.37. The van der Waals surface area contributed by atoms with Gasteiger partial charge < -0.3 is 5.32 Å². The molecule has 1 heterocycles. The number of nitrogens with one attached hydrogen (secondary N) is 1. The summed E-state index contributed by atoms with van der Waals surface area (Å²) in [7, 11) is 0. The third kappa shape index (κ3) is 3.30. The van der Waals surface area contributed by atoms with Gasteiger partial charge in [0.2, 0.25) is 0 Å². The zero-order chi connectivity index (χ0) is 18.2. The van der Waals surface area contributed by atoms with Gasteiger partial charge in [0.05, 0.1) is 27.4 Å². The molecule has 128 valence electrons. The van der Waals surface area contributed by atoms with E-state index in [2.05, 4.69) is 10.3 Å². The number of pyridine rings is 1. The van der Waals surface area contributed by atoms with Crippen LogP contribution < -0.4 is 5.32 Å². The number of hydrogen-bond donors (Lipinski definition) is 1. The van der Waals surface area contributed by atoms with Crippen LogP contribution in [0, 0.1) is 6.92 Å². The molecule has 1 aromatic heterocycles. The Bertz CT molecular complexity index is 970. The monoisotopic (exact) mass is 364 g/mol. The lowest BCUT2D eigenvalue weighted by molar-refractivity contribution is -0.137. The minimum Gasteiger partial charge on any atom is -0.320 e. The second-order valence-corrected chi connectivity index (χ2v) is 5.83. The molecule has 7 heteroatoms. The van der Waals surface area contributed by atoms with Crippen molar-refractivity contribution in [1.82, 2.24) is 4.98 Å². The van der Waals surface area contributed by atoms with Crippen LogP contribution in [0.1, 0.15) is 21.5 Å². The fraction of sp³-hybridized carbons (Fsp3) is 0.111. The summed E-state index contributed by atoms with van der Waals surface area (Å²) in [6, 6.07) is 9.57. The highest BCUT2D eigenvalue weighted by molar-refractivity contribution is 6.36. The summed E-state index contributed by atoms with van der Waals surface area (Å²) in [5.74, 6) is -0.862. The van der Waals surface area contributed by atoms with Gasteiger partial charge in [0.25, 0.3) is 5.91 Å². The van der Waals surface area contributed by atoms with Gasteiger partial charge >= 0.3 is 6.18 Å². The standard InChI is InChI=1S/C18H12ClF3N2O/c1-10-9-23-16-12(15(10)19)6-4-8-14(16)24-17(25)11-5-2-3-7-13(11)18(20,21)22/h2-9H,1H3,(H,24,25). The van der Waals surface area contributed by atoms with E-state index < -0.39 is 23.2 Å². The number of benzene rings is 2. The maximum absolute atomic E-state index is 13.1. The van der Waals surface area contributed by atoms with E-state index in [1.807, 2.05) is 0 Å². The van der Waals surface area contributed by atoms with Gasteiger partial charge in [0.1, 0.15) is 0 Å². The van der Waals surface area contributed by atoms with E-state index >= 15 is 0 Å². The summed E-state index contributed by atoms with van der Waals surface area (Å²) in [5.41, 5.74) is 0.0251. The molecule has 2 aromatic carbocycles. The number of alkyl halides is 3. The van der Waals surface area contributed by atoms with Crippen molar-refractivity contribution in [3.63, 3.8) is 0 Å². The Morgan fingerprint density at radius 1 is 1.12 bits per heavy atom. The van der Waals surface area contributed by atoms with Crippen LogP contribution in [0.25, 0.3) is 10.9 Å². The van der Waals surface area contributed by atoms with Gasteiger partial charge in [0, 0.05) is 11.6 Å². The van der Waals surface area contributed by atoms with Crippen LogP contribution in [0.15, 0.2) is 48.7 Å². The largest absolute Gasteiger partial charge is 0.417 e. The molecule has 0 radical (unpaired) electrons. The molecule has 3 aromatic rings. The molecule has 0 aliphatic rings. The molecule has 1 amide bonds. The maximum Gasteiger partial charge on any atom is 0.417 e. The van der Waals surface area contributed by atoms with E-state index in [1.165, 1.54) is 12.1 Å². The summed E-state index contributed by atoms with van der Waals surface area (Å²) in [5, 5.41) is 3.60. The quantitative estimate of drug-likeness (QED) is 0.655. The van der Waals surface area contributed by atoms with Crippen molar-refractivity contribution in [2.75, 3.05) is 5.32 Å². The van der Waals surface area contributed by atoms with Crippen LogP contribution >= 0.6 is 11.6 Å². The summed E-state index contributed by atoms with van der Waals surface area (Å²) < 4.78 is 39.3. The number of nitrogens with zero attached hydrogens (tertiary/aromatic N) is 1. The van der Waals surface area contributed by atoms with Gasteiger partial charge in [-0.05, 0) is 30.7 Å². The molecule has 0 aliphatic heterocycles. The van der Waals surface area contributed by atoms with Gasteiger partial charge in [-0.25, -0.2) is 0 Å². The summed E-state index contributed by atoms with van der Waals surface area (Å²) in [4.78, 5) is 16.6. The van der Waals surface area contributed by atoms with Crippen molar-refractivity contribution in [2.24, 2.45) is 0 Å². The molecule has 0 spiro atoms. The van der Waals surface area contributed by atoms with E-state index in [-0.39, 0.29) is 0 Å². The number of fused-ring (bicyclic) bond motifs is 1. The maximum atomic E-state index is 13.1. The SMILES string of the molecule is Cc1cnc2c(NC(=O)c3ccccc3C(F)(F)F)cccc2c1Cl. The minimum atomic E-state index is -4.62. The van der Waals surface area contributed by atoms with Gasteiger partial charge in [-0.1, -0.05) is 35.9 Å². The molecular weight excluding hydrogens is 353 g/mol. The van der Waals surface area contributed by atoms with E-state index in [9.17, 15) is 18.0 Å². The first-order chi connectivity index (χ1) is 11.8. The topological polar surface area (TPSA) is 42.0 Å². The predicted octanol–water partition coefficient (Wildman–Crippen LogP) is 5.47. The number of halogens is 4. The van der Waals surface area contributed by atoms with E-state index in [0.717, 1.165) is 17.7 Å².